The zero-order chi connectivity index (χ0) is 15.5. The Kier molecular flexibility index (Phi) is 4.90. The third kappa shape index (κ3) is 3.17. The first-order valence-corrected chi connectivity index (χ1v) is 6.62. The molecule has 0 saturated heterocycles. The Labute approximate surface area is 113 Å². The van der Waals surface area contributed by atoms with Gasteiger partial charge in [0, 0.05) is 6.54 Å². The number of hydrogen-bond donors (Lipinski definition) is 1. The van der Waals surface area contributed by atoms with Crippen LogP contribution in [0, 0.1) is 17.5 Å². The Morgan fingerprint density at radius 2 is 1.90 bits per heavy atom. The number of carboxylic acid groups (broad SMARTS) is 1. The van der Waals surface area contributed by atoms with Crippen molar-refractivity contribution in [3.05, 3.63) is 42.2 Å². The number of halogens is 3. The molecular formula is C11H10F3NO4S. The Balaban J connectivity index is 3.36. The van der Waals surface area contributed by atoms with Gasteiger partial charge in [-0.25, -0.2) is 21.6 Å². The summed E-state index contributed by atoms with van der Waals surface area (Å²) in [7, 11) is -4.63. The molecule has 0 fully saturated rings. The van der Waals surface area contributed by atoms with Crippen molar-refractivity contribution in [3.63, 3.8) is 0 Å². The van der Waals surface area contributed by atoms with Crippen LogP contribution in [0.3, 0.4) is 0 Å². The Bertz CT molecular complexity index is 645. The number of benzene rings is 1. The fourth-order valence-electron chi connectivity index (χ4n) is 1.39. The Morgan fingerprint density at radius 1 is 1.30 bits per heavy atom. The molecule has 0 aliphatic carbocycles. The second kappa shape index (κ2) is 6.06. The third-order valence-electron chi connectivity index (χ3n) is 2.26. The van der Waals surface area contributed by atoms with Crippen molar-refractivity contribution < 1.29 is 31.5 Å². The normalized spacial score (nSPS) is 11.6. The van der Waals surface area contributed by atoms with E-state index in [0.29, 0.717) is 16.4 Å². The van der Waals surface area contributed by atoms with Gasteiger partial charge in [0.2, 0.25) is 10.0 Å². The number of aliphatic carboxylic acids is 1. The van der Waals surface area contributed by atoms with Crippen LogP contribution in [-0.4, -0.2) is 36.9 Å². The maximum Gasteiger partial charge on any atom is 0.318 e. The number of hydrogen-bond acceptors (Lipinski definition) is 3. The number of sulfonamides is 1. The fraction of sp³-hybridized carbons (Fsp3) is 0.182. The van der Waals surface area contributed by atoms with E-state index in [1.165, 1.54) is 0 Å². The highest BCUT2D eigenvalue weighted by Gasteiger charge is 2.30. The van der Waals surface area contributed by atoms with E-state index in [9.17, 15) is 26.4 Å². The molecule has 1 N–H and O–H groups in total. The lowest BCUT2D eigenvalue weighted by atomic mass is 10.3. The van der Waals surface area contributed by atoms with Gasteiger partial charge in [-0.2, -0.15) is 4.31 Å². The topological polar surface area (TPSA) is 74.7 Å². The Morgan fingerprint density at radius 3 is 2.40 bits per heavy atom. The zero-order valence-corrected chi connectivity index (χ0v) is 10.8. The SMILES string of the molecule is C=CCN(CC(=O)O)S(=O)(=O)c1ccc(F)c(F)c1F. The van der Waals surface area contributed by atoms with E-state index < -0.39 is 51.4 Å². The van der Waals surface area contributed by atoms with Crippen LogP contribution in [0.2, 0.25) is 0 Å². The predicted molar refractivity (Wildman–Crippen MR) is 62.9 cm³/mol. The average Bonchev–Trinajstić information content (AvgIpc) is 2.34. The van der Waals surface area contributed by atoms with Crippen LogP contribution in [0.5, 0.6) is 0 Å². The van der Waals surface area contributed by atoms with Gasteiger partial charge < -0.3 is 5.11 Å². The summed E-state index contributed by atoms with van der Waals surface area (Å²) in [6.07, 6.45) is 1.08. The lowest BCUT2D eigenvalue weighted by Gasteiger charge is -2.19. The standard InChI is InChI=1S/C11H10F3NO4S/c1-2-5-15(6-9(16)17)20(18,19)8-4-3-7(12)10(13)11(8)14/h2-4H,1,5-6H2,(H,16,17). The molecule has 0 atom stereocenters. The van der Waals surface area contributed by atoms with Gasteiger partial charge in [-0.1, -0.05) is 6.08 Å². The van der Waals surface area contributed by atoms with Crippen molar-refractivity contribution in [2.24, 2.45) is 0 Å². The lowest BCUT2D eigenvalue weighted by molar-refractivity contribution is -0.137. The van der Waals surface area contributed by atoms with Crippen LogP contribution in [0.1, 0.15) is 0 Å². The quantitative estimate of drug-likeness (QED) is 0.636. The van der Waals surface area contributed by atoms with Gasteiger partial charge in [-0.15, -0.1) is 6.58 Å². The molecule has 0 heterocycles. The van der Waals surface area contributed by atoms with Gasteiger partial charge in [0.15, 0.2) is 17.5 Å². The number of carboxylic acids is 1. The van der Waals surface area contributed by atoms with Crippen LogP contribution in [0.25, 0.3) is 0 Å². The van der Waals surface area contributed by atoms with Crippen LogP contribution < -0.4 is 0 Å². The van der Waals surface area contributed by atoms with Crippen LogP contribution in [-0.2, 0) is 14.8 Å². The van der Waals surface area contributed by atoms with Gasteiger partial charge in [0.05, 0.1) is 0 Å². The average molecular weight is 309 g/mol. The molecule has 0 aliphatic rings. The van der Waals surface area contributed by atoms with E-state index in [1.807, 2.05) is 0 Å². The summed E-state index contributed by atoms with van der Waals surface area (Å²) in [5.74, 6) is -6.88. The van der Waals surface area contributed by atoms with E-state index >= 15 is 0 Å². The third-order valence-corrected chi connectivity index (χ3v) is 4.09. The smallest absolute Gasteiger partial charge is 0.318 e. The first kappa shape index (κ1) is 16.2. The zero-order valence-electron chi connectivity index (χ0n) is 10.0. The Hall–Kier alpha value is -1.87. The van der Waals surface area contributed by atoms with E-state index in [1.54, 1.807) is 0 Å². The van der Waals surface area contributed by atoms with Gasteiger partial charge in [0.25, 0.3) is 0 Å². The largest absolute Gasteiger partial charge is 0.480 e. The van der Waals surface area contributed by atoms with Crippen molar-refractivity contribution >= 4 is 16.0 Å². The monoisotopic (exact) mass is 309 g/mol. The molecule has 1 aromatic rings. The molecule has 0 radical (unpaired) electrons. The van der Waals surface area contributed by atoms with E-state index in [-0.39, 0.29) is 0 Å². The summed E-state index contributed by atoms with van der Waals surface area (Å²) >= 11 is 0. The van der Waals surface area contributed by atoms with Gasteiger partial charge >= 0.3 is 5.97 Å². The molecule has 0 aliphatic heterocycles. The van der Waals surface area contributed by atoms with Crippen molar-refractivity contribution in [3.8, 4) is 0 Å². The highest BCUT2D eigenvalue weighted by Crippen LogP contribution is 2.22. The highest BCUT2D eigenvalue weighted by molar-refractivity contribution is 7.89. The molecule has 0 amide bonds. The van der Waals surface area contributed by atoms with Crippen molar-refractivity contribution in [2.45, 2.75) is 4.90 Å². The maximum atomic E-state index is 13.5. The summed E-state index contributed by atoms with van der Waals surface area (Å²) in [6, 6.07) is 0.971. The molecule has 0 unspecified atom stereocenters. The number of nitrogens with zero attached hydrogens (tertiary/aromatic N) is 1. The second-order valence-electron chi connectivity index (χ2n) is 3.65. The summed E-state index contributed by atoms with van der Waals surface area (Å²) < 4.78 is 63.8. The summed E-state index contributed by atoms with van der Waals surface area (Å²) in [5.41, 5.74) is 0. The van der Waals surface area contributed by atoms with Crippen LogP contribution >= 0.6 is 0 Å². The highest BCUT2D eigenvalue weighted by atomic mass is 32.2. The fourth-order valence-corrected chi connectivity index (χ4v) is 2.81. The summed E-state index contributed by atoms with van der Waals surface area (Å²) in [6.45, 7) is 1.85. The minimum absolute atomic E-state index is 0.373. The lowest BCUT2D eigenvalue weighted by Crippen LogP contribution is -2.36. The van der Waals surface area contributed by atoms with Crippen molar-refractivity contribution in [1.29, 1.82) is 0 Å². The maximum absolute atomic E-state index is 13.5. The van der Waals surface area contributed by atoms with E-state index in [2.05, 4.69) is 6.58 Å². The first-order chi connectivity index (χ1) is 9.21. The molecule has 110 valence electrons. The van der Waals surface area contributed by atoms with Crippen molar-refractivity contribution in [1.82, 2.24) is 4.31 Å². The molecule has 0 spiro atoms. The van der Waals surface area contributed by atoms with Gasteiger partial charge in [0.1, 0.15) is 11.4 Å². The summed E-state index contributed by atoms with van der Waals surface area (Å²) in [5, 5.41) is 8.62. The molecule has 0 saturated carbocycles. The van der Waals surface area contributed by atoms with Crippen LogP contribution in [0.15, 0.2) is 29.7 Å². The first-order valence-electron chi connectivity index (χ1n) is 5.18. The molecule has 5 nitrogen and oxygen atoms in total. The number of rotatable bonds is 6. The number of carbonyl (C=O) groups is 1. The predicted octanol–water partition coefficient (Wildman–Crippen LogP) is 1.37. The molecular weight excluding hydrogens is 299 g/mol. The van der Waals surface area contributed by atoms with E-state index in [4.69, 9.17) is 5.11 Å². The molecule has 1 rings (SSSR count). The summed E-state index contributed by atoms with van der Waals surface area (Å²) in [4.78, 5) is 9.46. The molecule has 0 aromatic heterocycles. The van der Waals surface area contributed by atoms with Crippen LogP contribution in [0.4, 0.5) is 13.2 Å². The van der Waals surface area contributed by atoms with E-state index in [0.717, 1.165) is 6.08 Å². The van der Waals surface area contributed by atoms with Gasteiger partial charge in [-0.3, -0.25) is 4.79 Å². The molecule has 9 heteroatoms. The minimum Gasteiger partial charge on any atom is -0.480 e. The molecule has 0 bridgehead atoms. The molecule has 20 heavy (non-hydrogen) atoms. The van der Waals surface area contributed by atoms with Gasteiger partial charge in [-0.05, 0) is 12.1 Å². The van der Waals surface area contributed by atoms with Crippen molar-refractivity contribution in [2.75, 3.05) is 13.1 Å². The minimum atomic E-state index is -4.63. The second-order valence-corrected chi connectivity index (χ2v) is 5.56. The molecule has 1 aromatic carbocycles.